The fourth-order valence-electron chi connectivity index (χ4n) is 1.36. The Bertz CT molecular complexity index is 370. The van der Waals surface area contributed by atoms with E-state index in [2.05, 4.69) is 10.3 Å². The largest absolute Gasteiger partial charge is 0.351 e. The van der Waals surface area contributed by atoms with E-state index in [1.807, 2.05) is 25.1 Å². The van der Waals surface area contributed by atoms with Crippen molar-refractivity contribution >= 4 is 5.91 Å². The van der Waals surface area contributed by atoms with Crippen LogP contribution in [-0.4, -0.2) is 10.9 Å². The van der Waals surface area contributed by atoms with Crippen LogP contribution >= 0.6 is 0 Å². The summed E-state index contributed by atoms with van der Waals surface area (Å²) in [4.78, 5) is 15.5. The molecule has 4 heteroatoms. The molecule has 0 radical (unpaired) electrons. The second kappa shape index (κ2) is 6.57. The zero-order valence-electron chi connectivity index (χ0n) is 9.31. The van der Waals surface area contributed by atoms with Crippen LogP contribution in [-0.2, 0) is 11.3 Å². The van der Waals surface area contributed by atoms with Crippen LogP contribution in [0.25, 0.3) is 0 Å². The number of carbonyl (C=O) groups excluding carboxylic acids is 1. The van der Waals surface area contributed by atoms with Gasteiger partial charge >= 0.3 is 0 Å². The van der Waals surface area contributed by atoms with Crippen molar-refractivity contribution < 1.29 is 4.79 Å². The van der Waals surface area contributed by atoms with Crippen LogP contribution in [0, 0.1) is 17.2 Å². The summed E-state index contributed by atoms with van der Waals surface area (Å²) in [6.07, 6.45) is 4.80. The number of pyridine rings is 1. The molecule has 0 aliphatic heterocycles. The van der Waals surface area contributed by atoms with Gasteiger partial charge in [0.25, 0.3) is 0 Å². The molecule has 0 saturated carbocycles. The molecule has 1 aromatic rings. The van der Waals surface area contributed by atoms with E-state index < -0.39 is 5.92 Å². The molecule has 0 saturated heterocycles. The van der Waals surface area contributed by atoms with Crippen molar-refractivity contribution in [3.8, 4) is 6.07 Å². The van der Waals surface area contributed by atoms with E-state index in [0.29, 0.717) is 13.0 Å². The number of nitrogens with one attached hydrogen (secondary N) is 1. The summed E-state index contributed by atoms with van der Waals surface area (Å²) in [7, 11) is 0. The van der Waals surface area contributed by atoms with Crippen molar-refractivity contribution in [2.45, 2.75) is 26.3 Å². The van der Waals surface area contributed by atoms with Gasteiger partial charge in [0.15, 0.2) is 0 Å². The van der Waals surface area contributed by atoms with Crippen molar-refractivity contribution in [1.82, 2.24) is 10.3 Å². The zero-order chi connectivity index (χ0) is 11.8. The number of amides is 1. The number of aromatic nitrogens is 1. The van der Waals surface area contributed by atoms with Gasteiger partial charge in [0, 0.05) is 18.9 Å². The average Bonchev–Trinajstić information content (AvgIpc) is 2.34. The lowest BCUT2D eigenvalue weighted by molar-refractivity contribution is -0.123. The topological polar surface area (TPSA) is 65.8 Å². The number of carbonyl (C=O) groups is 1. The van der Waals surface area contributed by atoms with Gasteiger partial charge in [-0.15, -0.1) is 0 Å². The number of nitriles is 1. The van der Waals surface area contributed by atoms with Crippen molar-refractivity contribution in [2.24, 2.45) is 5.92 Å². The lowest BCUT2D eigenvalue weighted by Crippen LogP contribution is -2.29. The second-order valence-corrected chi connectivity index (χ2v) is 3.54. The van der Waals surface area contributed by atoms with Crippen molar-refractivity contribution in [3.63, 3.8) is 0 Å². The molecule has 0 aromatic carbocycles. The second-order valence-electron chi connectivity index (χ2n) is 3.54. The predicted molar refractivity (Wildman–Crippen MR) is 60.1 cm³/mol. The molecule has 1 N–H and O–H groups in total. The first-order valence-electron chi connectivity index (χ1n) is 5.34. The SMILES string of the molecule is CCCC(C#N)C(=O)NCc1ccncc1. The van der Waals surface area contributed by atoms with Crippen LogP contribution in [0.4, 0.5) is 0 Å². The Kier molecular flexibility index (Phi) is 5.00. The average molecular weight is 217 g/mol. The summed E-state index contributed by atoms with van der Waals surface area (Å²) in [5, 5.41) is 11.5. The zero-order valence-corrected chi connectivity index (χ0v) is 9.31. The van der Waals surface area contributed by atoms with Crippen LogP contribution in [0.3, 0.4) is 0 Å². The van der Waals surface area contributed by atoms with E-state index in [-0.39, 0.29) is 5.91 Å². The van der Waals surface area contributed by atoms with Gasteiger partial charge in [-0.05, 0) is 24.1 Å². The number of rotatable bonds is 5. The van der Waals surface area contributed by atoms with Crippen molar-refractivity contribution in [1.29, 1.82) is 5.26 Å². The van der Waals surface area contributed by atoms with Gasteiger partial charge in [-0.2, -0.15) is 5.26 Å². The van der Waals surface area contributed by atoms with Crippen LogP contribution in [0.2, 0.25) is 0 Å². The Morgan fingerprint density at radius 2 is 2.25 bits per heavy atom. The molecule has 0 bridgehead atoms. The molecule has 1 unspecified atom stereocenters. The van der Waals surface area contributed by atoms with Crippen LogP contribution in [0.1, 0.15) is 25.3 Å². The molecular weight excluding hydrogens is 202 g/mol. The highest BCUT2D eigenvalue weighted by Gasteiger charge is 2.15. The third-order valence-electron chi connectivity index (χ3n) is 2.27. The quantitative estimate of drug-likeness (QED) is 0.815. The summed E-state index contributed by atoms with van der Waals surface area (Å²) in [6.45, 7) is 2.41. The molecule has 1 rings (SSSR count). The molecule has 1 heterocycles. The highest BCUT2D eigenvalue weighted by molar-refractivity contribution is 5.80. The first kappa shape index (κ1) is 12.2. The Morgan fingerprint density at radius 3 is 2.81 bits per heavy atom. The fourth-order valence-corrected chi connectivity index (χ4v) is 1.36. The Hall–Kier alpha value is -1.89. The summed E-state index contributed by atoms with van der Waals surface area (Å²) < 4.78 is 0. The van der Waals surface area contributed by atoms with Gasteiger partial charge < -0.3 is 5.32 Å². The van der Waals surface area contributed by atoms with Crippen molar-refractivity contribution in [2.75, 3.05) is 0 Å². The molecule has 1 atom stereocenters. The standard InChI is InChI=1S/C12H15N3O/c1-2-3-11(8-13)12(16)15-9-10-4-6-14-7-5-10/h4-7,11H,2-3,9H2,1H3,(H,15,16). The molecule has 0 aliphatic rings. The van der Waals surface area contributed by atoms with E-state index in [4.69, 9.17) is 5.26 Å². The minimum atomic E-state index is -0.535. The van der Waals surface area contributed by atoms with Gasteiger partial charge in [-0.1, -0.05) is 13.3 Å². The lowest BCUT2D eigenvalue weighted by Gasteiger charge is -2.08. The fraction of sp³-hybridized carbons (Fsp3) is 0.417. The third-order valence-corrected chi connectivity index (χ3v) is 2.27. The van der Waals surface area contributed by atoms with E-state index in [1.165, 1.54) is 0 Å². The van der Waals surface area contributed by atoms with Crippen LogP contribution < -0.4 is 5.32 Å². The summed E-state index contributed by atoms with van der Waals surface area (Å²) in [5.41, 5.74) is 0.983. The highest BCUT2D eigenvalue weighted by atomic mass is 16.1. The Labute approximate surface area is 95.3 Å². The molecule has 16 heavy (non-hydrogen) atoms. The van der Waals surface area contributed by atoms with Crippen molar-refractivity contribution in [3.05, 3.63) is 30.1 Å². The first-order chi connectivity index (χ1) is 7.77. The molecule has 4 nitrogen and oxygen atoms in total. The number of hydrogen-bond donors (Lipinski definition) is 1. The van der Waals surface area contributed by atoms with Gasteiger partial charge in [0.1, 0.15) is 5.92 Å². The van der Waals surface area contributed by atoms with Crippen LogP contribution in [0.5, 0.6) is 0 Å². The molecule has 0 spiro atoms. The lowest BCUT2D eigenvalue weighted by atomic mass is 10.0. The maximum Gasteiger partial charge on any atom is 0.237 e. The Balaban J connectivity index is 2.44. The van der Waals surface area contributed by atoms with Gasteiger partial charge in [0.2, 0.25) is 5.91 Å². The predicted octanol–water partition coefficient (Wildman–Crippen LogP) is 1.64. The molecule has 0 fully saturated rings. The Morgan fingerprint density at radius 1 is 1.56 bits per heavy atom. The normalized spacial score (nSPS) is 11.5. The van der Waals surface area contributed by atoms with E-state index in [0.717, 1.165) is 12.0 Å². The summed E-state index contributed by atoms with van der Waals surface area (Å²) >= 11 is 0. The van der Waals surface area contributed by atoms with Gasteiger partial charge in [0.05, 0.1) is 6.07 Å². The smallest absolute Gasteiger partial charge is 0.237 e. The van der Waals surface area contributed by atoms with Gasteiger partial charge in [-0.25, -0.2) is 0 Å². The minimum Gasteiger partial charge on any atom is -0.351 e. The van der Waals surface area contributed by atoms with E-state index in [1.54, 1.807) is 12.4 Å². The molecule has 1 amide bonds. The monoisotopic (exact) mass is 217 g/mol. The number of nitrogens with zero attached hydrogens (tertiary/aromatic N) is 2. The highest BCUT2D eigenvalue weighted by Crippen LogP contribution is 2.05. The number of hydrogen-bond acceptors (Lipinski definition) is 3. The maximum absolute atomic E-state index is 11.6. The summed E-state index contributed by atoms with van der Waals surface area (Å²) in [6, 6.07) is 5.68. The van der Waals surface area contributed by atoms with Crippen LogP contribution in [0.15, 0.2) is 24.5 Å². The first-order valence-corrected chi connectivity index (χ1v) is 5.34. The van der Waals surface area contributed by atoms with E-state index in [9.17, 15) is 4.79 Å². The molecule has 1 aromatic heterocycles. The maximum atomic E-state index is 11.6. The molecule has 84 valence electrons. The minimum absolute atomic E-state index is 0.193. The molecule has 0 aliphatic carbocycles. The third kappa shape index (κ3) is 3.70. The van der Waals surface area contributed by atoms with Gasteiger partial charge in [-0.3, -0.25) is 9.78 Å². The molecular formula is C12H15N3O. The summed E-state index contributed by atoms with van der Waals surface area (Å²) in [5.74, 6) is -0.729. The van der Waals surface area contributed by atoms with E-state index >= 15 is 0 Å².